The highest BCUT2D eigenvalue weighted by molar-refractivity contribution is 6.32. The Balaban J connectivity index is 2.49. The molecule has 76 valence electrons. The number of pyridine rings is 1. The molecular weight excluding hydrogens is 237 g/mol. The van der Waals surface area contributed by atoms with Crippen LogP contribution in [0.3, 0.4) is 0 Å². The van der Waals surface area contributed by atoms with Crippen LogP contribution in [0.15, 0.2) is 24.5 Å². The van der Waals surface area contributed by atoms with Crippen molar-refractivity contribution in [2.45, 2.75) is 0 Å². The maximum atomic E-state index is 10.5. The van der Waals surface area contributed by atoms with Crippen LogP contribution in [-0.2, 0) is 0 Å². The van der Waals surface area contributed by atoms with Gasteiger partial charge in [-0.2, -0.15) is 5.10 Å². The fraction of sp³-hybridized carbons (Fsp3) is 0. The van der Waals surface area contributed by atoms with Gasteiger partial charge in [0.25, 0.3) is 0 Å². The van der Waals surface area contributed by atoms with Gasteiger partial charge in [0.2, 0.25) is 0 Å². The predicted octanol–water partition coefficient (Wildman–Crippen LogP) is 2.39. The lowest BCUT2D eigenvalue weighted by molar-refractivity contribution is 0.112. The summed E-state index contributed by atoms with van der Waals surface area (Å²) in [5.41, 5.74) is 0.419. The summed E-state index contributed by atoms with van der Waals surface area (Å²) in [6.45, 7) is 0. The Hall–Kier alpha value is -1.39. The first-order chi connectivity index (χ1) is 7.20. The molecule has 0 saturated carbocycles. The molecule has 0 spiro atoms. The van der Waals surface area contributed by atoms with E-state index in [0.29, 0.717) is 27.8 Å². The molecule has 4 nitrogen and oxygen atoms in total. The van der Waals surface area contributed by atoms with Crippen LogP contribution in [0.1, 0.15) is 10.4 Å². The van der Waals surface area contributed by atoms with Crippen LogP contribution >= 0.6 is 23.2 Å². The van der Waals surface area contributed by atoms with E-state index in [4.69, 9.17) is 23.2 Å². The highest BCUT2D eigenvalue weighted by Crippen LogP contribution is 2.18. The van der Waals surface area contributed by atoms with E-state index in [1.54, 1.807) is 12.3 Å². The first-order valence-electron chi connectivity index (χ1n) is 4.03. The molecule has 0 aliphatic rings. The van der Waals surface area contributed by atoms with Crippen molar-refractivity contribution in [3.05, 3.63) is 40.3 Å². The Bertz CT molecular complexity index is 510. The minimum absolute atomic E-state index is 0.347. The van der Waals surface area contributed by atoms with Crippen LogP contribution in [0.4, 0.5) is 0 Å². The average Bonchev–Trinajstić information content (AvgIpc) is 2.64. The summed E-state index contributed by atoms with van der Waals surface area (Å²) >= 11 is 11.6. The van der Waals surface area contributed by atoms with Crippen molar-refractivity contribution in [1.82, 2.24) is 14.8 Å². The number of carbonyl (C=O) groups excluding carboxylic acids is 1. The molecule has 0 saturated heterocycles. The summed E-state index contributed by atoms with van der Waals surface area (Å²) in [6.07, 6.45) is 3.74. The van der Waals surface area contributed by atoms with Crippen molar-refractivity contribution in [3.8, 4) is 5.82 Å². The highest BCUT2D eigenvalue weighted by atomic mass is 35.5. The molecule has 2 aromatic rings. The molecule has 0 aliphatic heterocycles. The van der Waals surface area contributed by atoms with Gasteiger partial charge in [-0.1, -0.05) is 23.2 Å². The molecule has 0 fully saturated rings. The average molecular weight is 242 g/mol. The minimum atomic E-state index is 0.347. The zero-order chi connectivity index (χ0) is 10.8. The summed E-state index contributed by atoms with van der Waals surface area (Å²) in [4.78, 5) is 14.5. The Morgan fingerprint density at radius 2 is 2.20 bits per heavy atom. The van der Waals surface area contributed by atoms with Crippen LogP contribution in [0, 0.1) is 0 Å². The van der Waals surface area contributed by atoms with Crippen molar-refractivity contribution in [2.24, 2.45) is 0 Å². The second-order valence-electron chi connectivity index (χ2n) is 2.77. The smallest absolute Gasteiger partial charge is 0.172 e. The van der Waals surface area contributed by atoms with Crippen molar-refractivity contribution in [3.63, 3.8) is 0 Å². The number of carbonyl (C=O) groups is 1. The number of nitrogens with zero attached hydrogens (tertiary/aromatic N) is 3. The van der Waals surface area contributed by atoms with Gasteiger partial charge in [-0.15, -0.1) is 0 Å². The third-order valence-electron chi connectivity index (χ3n) is 1.75. The first kappa shape index (κ1) is 10.1. The van der Waals surface area contributed by atoms with Crippen molar-refractivity contribution in [1.29, 1.82) is 0 Å². The summed E-state index contributed by atoms with van der Waals surface area (Å²) < 4.78 is 1.44. The van der Waals surface area contributed by atoms with E-state index in [-0.39, 0.29) is 0 Å². The Labute approximate surface area is 95.4 Å². The summed E-state index contributed by atoms with van der Waals surface area (Å²) in [5, 5.41) is 4.64. The molecule has 0 bridgehead atoms. The molecule has 15 heavy (non-hydrogen) atoms. The molecule has 0 aromatic carbocycles. The lowest BCUT2D eigenvalue weighted by Gasteiger charge is -2.02. The summed E-state index contributed by atoms with van der Waals surface area (Å²) in [7, 11) is 0. The van der Waals surface area contributed by atoms with E-state index >= 15 is 0 Å². The molecule has 0 aliphatic carbocycles. The second-order valence-corrected chi connectivity index (χ2v) is 3.57. The molecule has 0 amide bonds. The lowest BCUT2D eigenvalue weighted by Crippen LogP contribution is -1.99. The Morgan fingerprint density at radius 1 is 1.40 bits per heavy atom. The van der Waals surface area contributed by atoms with Crippen LogP contribution in [0.5, 0.6) is 0 Å². The van der Waals surface area contributed by atoms with E-state index < -0.39 is 0 Å². The van der Waals surface area contributed by atoms with Gasteiger partial charge in [0, 0.05) is 18.0 Å². The van der Waals surface area contributed by atoms with Crippen molar-refractivity contribution < 1.29 is 4.79 Å². The number of aromatic nitrogens is 3. The third-order valence-corrected chi connectivity index (χ3v) is 2.23. The van der Waals surface area contributed by atoms with Crippen molar-refractivity contribution in [2.75, 3.05) is 0 Å². The van der Waals surface area contributed by atoms with Crippen LogP contribution in [-0.4, -0.2) is 21.1 Å². The molecule has 6 heteroatoms. The molecule has 2 aromatic heterocycles. The Kier molecular flexibility index (Phi) is 2.70. The van der Waals surface area contributed by atoms with E-state index in [1.165, 1.54) is 16.9 Å². The predicted molar refractivity (Wildman–Crippen MR) is 56.8 cm³/mol. The second kappa shape index (κ2) is 4.00. The fourth-order valence-corrected chi connectivity index (χ4v) is 1.50. The van der Waals surface area contributed by atoms with Crippen LogP contribution in [0.25, 0.3) is 5.82 Å². The number of rotatable bonds is 2. The minimum Gasteiger partial charge on any atom is -0.298 e. The molecule has 0 N–H and O–H groups in total. The molecular formula is C9H5Cl2N3O. The van der Waals surface area contributed by atoms with Gasteiger partial charge in [-0.05, 0) is 12.1 Å². The topological polar surface area (TPSA) is 47.8 Å². The van der Waals surface area contributed by atoms with Gasteiger partial charge >= 0.3 is 0 Å². The fourth-order valence-electron chi connectivity index (χ4n) is 1.10. The first-order valence-corrected chi connectivity index (χ1v) is 4.78. The van der Waals surface area contributed by atoms with E-state index in [9.17, 15) is 4.79 Å². The zero-order valence-corrected chi connectivity index (χ0v) is 8.90. The van der Waals surface area contributed by atoms with Crippen molar-refractivity contribution >= 4 is 29.5 Å². The lowest BCUT2D eigenvalue weighted by atomic mass is 10.3. The standard InChI is InChI=1S/C9H5Cl2N3O/c10-7-3-6(5-15)4-12-9(7)14-2-1-8(11)13-14/h1-5H. The van der Waals surface area contributed by atoms with Crippen LogP contribution in [0.2, 0.25) is 10.2 Å². The SMILES string of the molecule is O=Cc1cnc(-n2ccc(Cl)n2)c(Cl)c1. The molecule has 0 atom stereocenters. The number of aldehydes is 1. The van der Waals surface area contributed by atoms with E-state index in [2.05, 4.69) is 10.1 Å². The van der Waals surface area contributed by atoms with Crippen LogP contribution < -0.4 is 0 Å². The quantitative estimate of drug-likeness (QED) is 0.759. The largest absolute Gasteiger partial charge is 0.298 e. The van der Waals surface area contributed by atoms with E-state index in [1.807, 2.05) is 0 Å². The molecule has 2 rings (SSSR count). The summed E-state index contributed by atoms with van der Waals surface area (Å²) in [5.74, 6) is 0.439. The van der Waals surface area contributed by atoms with Gasteiger partial charge in [-0.3, -0.25) is 4.79 Å². The maximum Gasteiger partial charge on any atom is 0.172 e. The highest BCUT2D eigenvalue weighted by Gasteiger charge is 2.06. The van der Waals surface area contributed by atoms with Gasteiger partial charge in [0.05, 0.1) is 5.02 Å². The number of hydrogen-bond donors (Lipinski definition) is 0. The molecule has 0 radical (unpaired) electrons. The van der Waals surface area contributed by atoms with Gasteiger partial charge in [0.1, 0.15) is 0 Å². The maximum absolute atomic E-state index is 10.5. The van der Waals surface area contributed by atoms with E-state index in [0.717, 1.165) is 0 Å². The third kappa shape index (κ3) is 2.00. The summed E-state index contributed by atoms with van der Waals surface area (Å²) in [6, 6.07) is 3.14. The van der Waals surface area contributed by atoms with Gasteiger partial charge in [-0.25, -0.2) is 9.67 Å². The Morgan fingerprint density at radius 3 is 2.73 bits per heavy atom. The molecule has 2 heterocycles. The van der Waals surface area contributed by atoms with Gasteiger partial charge < -0.3 is 0 Å². The zero-order valence-electron chi connectivity index (χ0n) is 7.39. The monoisotopic (exact) mass is 241 g/mol. The normalized spacial score (nSPS) is 10.3. The van der Waals surface area contributed by atoms with Gasteiger partial charge in [0.15, 0.2) is 17.3 Å². The number of halogens is 2. The molecule has 0 unspecified atom stereocenters. The number of hydrogen-bond acceptors (Lipinski definition) is 3.